The Morgan fingerprint density at radius 3 is 2.26 bits per heavy atom. The summed E-state index contributed by atoms with van der Waals surface area (Å²) in [6.45, 7) is 11.7. The molecule has 2 heteroatoms. The Morgan fingerprint density at radius 2 is 1.74 bits per heavy atom. The molecule has 1 aliphatic carbocycles. The van der Waals surface area contributed by atoms with E-state index in [0.29, 0.717) is 5.54 Å². The summed E-state index contributed by atoms with van der Waals surface area (Å²) in [5, 5.41) is 0. The van der Waals surface area contributed by atoms with Crippen LogP contribution >= 0.6 is 0 Å². The van der Waals surface area contributed by atoms with Gasteiger partial charge in [-0.05, 0) is 63.2 Å². The Morgan fingerprint density at radius 1 is 1.11 bits per heavy atom. The van der Waals surface area contributed by atoms with Gasteiger partial charge in [-0.25, -0.2) is 0 Å². The van der Waals surface area contributed by atoms with Gasteiger partial charge in [-0.2, -0.15) is 0 Å². The van der Waals surface area contributed by atoms with Crippen LogP contribution in [-0.2, 0) is 0 Å². The van der Waals surface area contributed by atoms with Crippen LogP contribution < -0.4 is 5.73 Å². The first-order valence-corrected chi connectivity index (χ1v) is 8.45. The highest BCUT2D eigenvalue weighted by molar-refractivity contribution is 4.99. The smallest absolute Gasteiger partial charge is 0.0334 e. The Labute approximate surface area is 120 Å². The zero-order valence-electron chi connectivity index (χ0n) is 13.5. The number of likely N-dealkylation sites (tertiary alicyclic amines) is 1. The molecule has 2 atom stereocenters. The second-order valence-electron chi connectivity index (χ2n) is 7.69. The number of piperidine rings is 1. The van der Waals surface area contributed by atoms with Crippen LogP contribution in [0.5, 0.6) is 0 Å². The average molecular weight is 266 g/mol. The molecular weight excluding hydrogens is 232 g/mol. The second-order valence-corrected chi connectivity index (χ2v) is 7.69. The number of nitrogens with zero attached hydrogens (tertiary/aromatic N) is 1. The van der Waals surface area contributed by atoms with Gasteiger partial charge in [0.2, 0.25) is 0 Å². The Kier molecular flexibility index (Phi) is 4.94. The van der Waals surface area contributed by atoms with E-state index >= 15 is 0 Å². The van der Waals surface area contributed by atoms with E-state index in [0.717, 1.165) is 30.3 Å². The molecule has 0 aromatic heterocycles. The van der Waals surface area contributed by atoms with Crippen LogP contribution in [0.2, 0.25) is 0 Å². The van der Waals surface area contributed by atoms with Gasteiger partial charge in [0.05, 0.1) is 0 Å². The van der Waals surface area contributed by atoms with Crippen molar-refractivity contribution >= 4 is 0 Å². The van der Waals surface area contributed by atoms with Crippen LogP contribution in [0.3, 0.4) is 0 Å². The molecule has 2 unspecified atom stereocenters. The molecule has 0 aromatic rings. The van der Waals surface area contributed by atoms with Gasteiger partial charge in [0.15, 0.2) is 0 Å². The van der Waals surface area contributed by atoms with Gasteiger partial charge in [-0.15, -0.1) is 0 Å². The van der Waals surface area contributed by atoms with E-state index in [1.54, 1.807) is 0 Å². The largest absolute Gasteiger partial charge is 0.329 e. The van der Waals surface area contributed by atoms with Crippen molar-refractivity contribution in [2.24, 2.45) is 23.5 Å². The summed E-state index contributed by atoms with van der Waals surface area (Å²) in [6.07, 6.45) is 8.16. The topological polar surface area (TPSA) is 29.3 Å². The first-order valence-electron chi connectivity index (χ1n) is 8.45. The van der Waals surface area contributed by atoms with Crippen LogP contribution in [0.15, 0.2) is 0 Å². The van der Waals surface area contributed by atoms with Crippen molar-refractivity contribution in [3.05, 3.63) is 0 Å². The maximum Gasteiger partial charge on any atom is 0.0334 e. The molecular formula is C17H34N2. The van der Waals surface area contributed by atoms with E-state index in [9.17, 15) is 0 Å². The summed E-state index contributed by atoms with van der Waals surface area (Å²) >= 11 is 0. The monoisotopic (exact) mass is 266 g/mol. The molecule has 0 aromatic carbocycles. The SMILES string of the molecule is CC1CCC(C)N(C2(CN)CCC(C(C)C)CC2)C1. The maximum absolute atomic E-state index is 6.26. The van der Waals surface area contributed by atoms with Crippen molar-refractivity contribution in [2.45, 2.75) is 77.8 Å². The minimum Gasteiger partial charge on any atom is -0.329 e. The number of hydrogen-bond donors (Lipinski definition) is 1. The van der Waals surface area contributed by atoms with Crippen LogP contribution in [0.1, 0.15) is 66.2 Å². The minimum atomic E-state index is 0.319. The lowest BCUT2D eigenvalue weighted by atomic mass is 9.70. The first-order chi connectivity index (χ1) is 8.98. The van der Waals surface area contributed by atoms with Crippen LogP contribution in [0.4, 0.5) is 0 Å². The van der Waals surface area contributed by atoms with Crippen molar-refractivity contribution in [3.63, 3.8) is 0 Å². The first kappa shape index (κ1) is 15.3. The molecule has 2 aliphatic rings. The fourth-order valence-electron chi connectivity index (χ4n) is 4.40. The van der Waals surface area contributed by atoms with Gasteiger partial charge < -0.3 is 5.73 Å². The standard InChI is InChI=1S/C17H34N2/c1-13(2)16-7-9-17(12-18,10-8-16)19-11-14(3)5-6-15(19)4/h13-16H,5-12,18H2,1-4H3. The summed E-state index contributed by atoms with van der Waals surface area (Å²) in [5.74, 6) is 2.62. The third kappa shape index (κ3) is 3.16. The molecule has 2 rings (SSSR count). The molecule has 2 N–H and O–H groups in total. The van der Waals surface area contributed by atoms with Crippen molar-refractivity contribution < 1.29 is 0 Å². The molecule has 0 amide bonds. The number of rotatable bonds is 3. The fourth-order valence-corrected chi connectivity index (χ4v) is 4.40. The Hall–Kier alpha value is -0.0800. The summed E-state index contributed by atoms with van der Waals surface area (Å²) in [4.78, 5) is 2.79. The van der Waals surface area contributed by atoms with Gasteiger partial charge in [0.1, 0.15) is 0 Å². The predicted octanol–water partition coefficient (Wildman–Crippen LogP) is 3.65. The fraction of sp³-hybridized carbons (Fsp3) is 1.00. The van der Waals surface area contributed by atoms with Gasteiger partial charge in [0, 0.05) is 24.7 Å². The van der Waals surface area contributed by atoms with Crippen molar-refractivity contribution in [3.8, 4) is 0 Å². The molecule has 1 aliphatic heterocycles. The molecule has 0 bridgehead atoms. The highest BCUT2D eigenvalue weighted by atomic mass is 15.2. The second kappa shape index (κ2) is 6.13. The van der Waals surface area contributed by atoms with E-state index in [-0.39, 0.29) is 0 Å². The highest BCUT2D eigenvalue weighted by Gasteiger charge is 2.43. The molecule has 19 heavy (non-hydrogen) atoms. The average Bonchev–Trinajstić information content (AvgIpc) is 2.41. The molecule has 0 radical (unpaired) electrons. The van der Waals surface area contributed by atoms with Gasteiger partial charge in [-0.1, -0.05) is 20.8 Å². The zero-order chi connectivity index (χ0) is 14.0. The normalized spacial score (nSPS) is 41.7. The molecule has 2 fully saturated rings. The molecule has 1 heterocycles. The third-order valence-corrected chi connectivity index (χ3v) is 6.01. The maximum atomic E-state index is 6.26. The summed E-state index contributed by atoms with van der Waals surface area (Å²) in [5.41, 5.74) is 6.58. The quantitative estimate of drug-likeness (QED) is 0.845. The van der Waals surface area contributed by atoms with Crippen LogP contribution in [-0.4, -0.2) is 29.6 Å². The lowest BCUT2D eigenvalue weighted by molar-refractivity contribution is -0.0244. The van der Waals surface area contributed by atoms with Gasteiger partial charge in [-0.3, -0.25) is 4.90 Å². The van der Waals surface area contributed by atoms with Crippen LogP contribution in [0.25, 0.3) is 0 Å². The molecule has 0 spiro atoms. The van der Waals surface area contributed by atoms with Crippen molar-refractivity contribution in [1.29, 1.82) is 0 Å². The third-order valence-electron chi connectivity index (χ3n) is 6.01. The molecule has 1 saturated carbocycles. The van der Waals surface area contributed by atoms with Crippen LogP contribution in [0, 0.1) is 17.8 Å². The lowest BCUT2D eigenvalue weighted by Gasteiger charge is -2.53. The Bertz CT molecular complexity index is 279. The van der Waals surface area contributed by atoms with E-state index in [2.05, 4.69) is 32.6 Å². The van der Waals surface area contributed by atoms with E-state index in [1.807, 2.05) is 0 Å². The summed E-state index contributed by atoms with van der Waals surface area (Å²) < 4.78 is 0. The minimum absolute atomic E-state index is 0.319. The van der Waals surface area contributed by atoms with Gasteiger partial charge in [0.25, 0.3) is 0 Å². The molecule has 2 nitrogen and oxygen atoms in total. The van der Waals surface area contributed by atoms with E-state index in [4.69, 9.17) is 5.73 Å². The van der Waals surface area contributed by atoms with E-state index in [1.165, 1.54) is 45.1 Å². The van der Waals surface area contributed by atoms with Crippen molar-refractivity contribution in [1.82, 2.24) is 4.90 Å². The van der Waals surface area contributed by atoms with Gasteiger partial charge >= 0.3 is 0 Å². The lowest BCUT2D eigenvalue weighted by Crippen LogP contribution is -2.61. The number of hydrogen-bond acceptors (Lipinski definition) is 2. The Balaban J connectivity index is 2.06. The highest BCUT2D eigenvalue weighted by Crippen LogP contribution is 2.41. The predicted molar refractivity (Wildman–Crippen MR) is 83.1 cm³/mol. The summed E-state index contributed by atoms with van der Waals surface area (Å²) in [6, 6.07) is 0.732. The zero-order valence-corrected chi connectivity index (χ0v) is 13.5. The summed E-state index contributed by atoms with van der Waals surface area (Å²) in [7, 11) is 0. The van der Waals surface area contributed by atoms with Crippen molar-refractivity contribution in [2.75, 3.05) is 13.1 Å². The number of nitrogens with two attached hydrogens (primary N) is 1. The molecule has 1 saturated heterocycles. The molecule has 112 valence electrons. The van der Waals surface area contributed by atoms with E-state index < -0.39 is 0 Å².